The van der Waals surface area contributed by atoms with E-state index in [0.29, 0.717) is 18.4 Å². The first kappa shape index (κ1) is 16.8. The zero-order valence-electron chi connectivity index (χ0n) is 11.5. The molecule has 102 valence electrons. The number of nitrogens with one attached hydrogen (secondary N) is 1. The van der Waals surface area contributed by atoms with E-state index in [4.69, 9.17) is 4.74 Å². The summed E-state index contributed by atoms with van der Waals surface area (Å²) < 4.78 is 4.87. The molecule has 0 aromatic heterocycles. The Balaban J connectivity index is 3.39. The van der Waals surface area contributed by atoms with Crippen LogP contribution in [0.1, 0.15) is 46.5 Å². The number of carbonyl (C=O) groups excluding carboxylic acids is 1. The van der Waals surface area contributed by atoms with Crippen LogP contribution in [0.5, 0.6) is 0 Å². The van der Waals surface area contributed by atoms with Gasteiger partial charge in [0.05, 0.1) is 12.4 Å². The van der Waals surface area contributed by atoms with Gasteiger partial charge in [-0.2, -0.15) is 11.8 Å². The molecule has 1 unspecified atom stereocenters. The van der Waals surface area contributed by atoms with Crippen LogP contribution < -0.4 is 5.32 Å². The van der Waals surface area contributed by atoms with Gasteiger partial charge in [-0.05, 0) is 44.9 Å². The second kappa shape index (κ2) is 12.2. The first-order chi connectivity index (χ1) is 8.24. The van der Waals surface area contributed by atoms with Crippen LogP contribution in [0.4, 0.5) is 0 Å². The van der Waals surface area contributed by atoms with Gasteiger partial charge in [0.15, 0.2) is 0 Å². The Hall–Kier alpha value is -0.220. The summed E-state index contributed by atoms with van der Waals surface area (Å²) in [6.45, 7) is 7.84. The predicted octanol–water partition coefficient (Wildman–Crippen LogP) is 2.84. The smallest absolute Gasteiger partial charge is 0.315 e. The van der Waals surface area contributed by atoms with E-state index in [0.717, 1.165) is 12.3 Å². The molecule has 0 saturated heterocycles. The number of hydrogen-bond acceptors (Lipinski definition) is 4. The molecule has 0 fully saturated rings. The Morgan fingerprint density at radius 2 is 2.12 bits per heavy atom. The Labute approximate surface area is 110 Å². The third-order valence-corrected chi connectivity index (χ3v) is 3.56. The average Bonchev–Trinajstić information content (AvgIpc) is 2.33. The number of hydrogen-bond donors (Lipinski definition) is 1. The molecule has 0 rings (SSSR count). The van der Waals surface area contributed by atoms with Gasteiger partial charge in [-0.25, -0.2) is 0 Å². The van der Waals surface area contributed by atoms with Gasteiger partial charge in [0.1, 0.15) is 0 Å². The second-order valence-electron chi connectivity index (χ2n) is 4.06. The van der Waals surface area contributed by atoms with Crippen molar-refractivity contribution in [1.29, 1.82) is 0 Å². The Kier molecular flexibility index (Phi) is 12.1. The highest BCUT2D eigenvalue weighted by Crippen LogP contribution is 2.08. The van der Waals surface area contributed by atoms with Crippen molar-refractivity contribution in [2.45, 2.75) is 52.5 Å². The van der Waals surface area contributed by atoms with Crippen molar-refractivity contribution in [2.75, 3.05) is 24.7 Å². The lowest BCUT2D eigenvalue weighted by atomic mass is 10.1. The summed E-state index contributed by atoms with van der Waals surface area (Å²) in [5, 5.41) is 3.54. The standard InChI is InChI=1S/C13H27NO2S/c1-4-9-14-12(5-2)8-7-10-17-11-13(15)16-6-3/h12,14H,4-11H2,1-3H3. The lowest BCUT2D eigenvalue weighted by molar-refractivity contribution is -0.139. The van der Waals surface area contributed by atoms with E-state index < -0.39 is 0 Å². The fraction of sp³-hybridized carbons (Fsp3) is 0.923. The van der Waals surface area contributed by atoms with Crippen LogP contribution in [0.3, 0.4) is 0 Å². The Bertz CT molecular complexity index is 188. The molecule has 0 aliphatic carbocycles. The highest BCUT2D eigenvalue weighted by molar-refractivity contribution is 7.99. The van der Waals surface area contributed by atoms with Gasteiger partial charge in [-0.15, -0.1) is 0 Å². The molecule has 0 amide bonds. The lowest BCUT2D eigenvalue weighted by Crippen LogP contribution is -2.29. The highest BCUT2D eigenvalue weighted by atomic mass is 32.2. The number of esters is 1. The molecule has 0 aromatic carbocycles. The average molecular weight is 261 g/mol. The molecule has 0 spiro atoms. The van der Waals surface area contributed by atoms with Gasteiger partial charge in [0, 0.05) is 6.04 Å². The van der Waals surface area contributed by atoms with Gasteiger partial charge < -0.3 is 10.1 Å². The van der Waals surface area contributed by atoms with E-state index in [1.54, 1.807) is 11.8 Å². The van der Waals surface area contributed by atoms with Crippen LogP contribution in [0.2, 0.25) is 0 Å². The van der Waals surface area contributed by atoms with Crippen molar-refractivity contribution >= 4 is 17.7 Å². The van der Waals surface area contributed by atoms with Gasteiger partial charge in [0.25, 0.3) is 0 Å². The molecule has 0 radical (unpaired) electrons. The molecule has 4 heteroatoms. The molecule has 1 atom stereocenters. The summed E-state index contributed by atoms with van der Waals surface area (Å²) in [6, 6.07) is 0.637. The van der Waals surface area contributed by atoms with E-state index in [1.807, 2.05) is 6.92 Å². The van der Waals surface area contributed by atoms with Crippen LogP contribution in [0.25, 0.3) is 0 Å². The Morgan fingerprint density at radius 1 is 1.35 bits per heavy atom. The van der Waals surface area contributed by atoms with E-state index in [-0.39, 0.29) is 5.97 Å². The summed E-state index contributed by atoms with van der Waals surface area (Å²) in [6.07, 6.45) is 4.74. The van der Waals surface area contributed by atoms with Crippen molar-refractivity contribution in [3.8, 4) is 0 Å². The SMILES string of the molecule is CCCNC(CC)CCCSCC(=O)OCC. The number of ether oxygens (including phenoxy) is 1. The molecule has 0 aromatic rings. The minimum Gasteiger partial charge on any atom is -0.465 e. The molecule has 17 heavy (non-hydrogen) atoms. The van der Waals surface area contributed by atoms with E-state index in [1.165, 1.54) is 25.7 Å². The van der Waals surface area contributed by atoms with Crippen molar-refractivity contribution in [2.24, 2.45) is 0 Å². The molecule has 1 N–H and O–H groups in total. The quantitative estimate of drug-likeness (QED) is 0.458. The molecule has 0 aliphatic heterocycles. The maximum Gasteiger partial charge on any atom is 0.315 e. The summed E-state index contributed by atoms with van der Waals surface area (Å²) in [5.74, 6) is 1.45. The maximum absolute atomic E-state index is 11.1. The molecular formula is C13H27NO2S. The van der Waals surface area contributed by atoms with Gasteiger partial charge in [0.2, 0.25) is 0 Å². The van der Waals surface area contributed by atoms with Crippen LogP contribution in [0, 0.1) is 0 Å². The van der Waals surface area contributed by atoms with Crippen LogP contribution in [-0.4, -0.2) is 36.7 Å². The number of thioether (sulfide) groups is 1. The summed E-state index contributed by atoms with van der Waals surface area (Å²) >= 11 is 1.68. The zero-order chi connectivity index (χ0) is 12.9. The molecule has 3 nitrogen and oxygen atoms in total. The fourth-order valence-corrected chi connectivity index (χ4v) is 2.35. The minimum absolute atomic E-state index is 0.0892. The first-order valence-corrected chi connectivity index (χ1v) is 7.86. The van der Waals surface area contributed by atoms with E-state index in [9.17, 15) is 4.79 Å². The van der Waals surface area contributed by atoms with Crippen LogP contribution in [-0.2, 0) is 9.53 Å². The summed E-state index contributed by atoms with van der Waals surface area (Å²) in [7, 11) is 0. The molecule has 0 bridgehead atoms. The van der Waals surface area contributed by atoms with Gasteiger partial charge in [-0.3, -0.25) is 4.79 Å². The largest absolute Gasteiger partial charge is 0.465 e. The molecule has 0 aliphatic rings. The topological polar surface area (TPSA) is 38.3 Å². The van der Waals surface area contributed by atoms with Gasteiger partial charge in [-0.1, -0.05) is 13.8 Å². The molecular weight excluding hydrogens is 234 g/mol. The van der Waals surface area contributed by atoms with Crippen molar-refractivity contribution in [1.82, 2.24) is 5.32 Å². The third-order valence-electron chi connectivity index (χ3n) is 2.54. The van der Waals surface area contributed by atoms with Crippen molar-refractivity contribution in [3.05, 3.63) is 0 Å². The Morgan fingerprint density at radius 3 is 2.71 bits per heavy atom. The predicted molar refractivity (Wildman–Crippen MR) is 75.6 cm³/mol. The molecule has 0 heterocycles. The lowest BCUT2D eigenvalue weighted by Gasteiger charge is -2.15. The maximum atomic E-state index is 11.1. The summed E-state index contributed by atoms with van der Waals surface area (Å²) in [4.78, 5) is 11.1. The number of rotatable bonds is 11. The van der Waals surface area contributed by atoms with Gasteiger partial charge >= 0.3 is 5.97 Å². The van der Waals surface area contributed by atoms with E-state index in [2.05, 4.69) is 19.2 Å². The van der Waals surface area contributed by atoms with E-state index >= 15 is 0 Å². The zero-order valence-corrected chi connectivity index (χ0v) is 12.3. The summed E-state index contributed by atoms with van der Waals surface area (Å²) in [5.41, 5.74) is 0. The minimum atomic E-state index is -0.0892. The van der Waals surface area contributed by atoms with Crippen LogP contribution in [0.15, 0.2) is 0 Å². The number of carbonyl (C=O) groups is 1. The molecule has 0 saturated carbocycles. The normalized spacial score (nSPS) is 12.4. The van der Waals surface area contributed by atoms with Crippen molar-refractivity contribution < 1.29 is 9.53 Å². The van der Waals surface area contributed by atoms with Crippen LogP contribution >= 0.6 is 11.8 Å². The first-order valence-electron chi connectivity index (χ1n) is 6.71. The fourth-order valence-electron chi connectivity index (χ4n) is 1.59. The monoisotopic (exact) mass is 261 g/mol. The highest BCUT2D eigenvalue weighted by Gasteiger charge is 2.05. The second-order valence-corrected chi connectivity index (χ2v) is 5.16. The third kappa shape index (κ3) is 10.6. The van der Waals surface area contributed by atoms with Crippen molar-refractivity contribution in [3.63, 3.8) is 0 Å².